The van der Waals surface area contributed by atoms with E-state index < -0.39 is 9.84 Å². The van der Waals surface area contributed by atoms with E-state index in [9.17, 15) is 8.42 Å². The van der Waals surface area contributed by atoms with E-state index in [2.05, 4.69) is 22.5 Å². The predicted molar refractivity (Wildman–Crippen MR) is 120 cm³/mol. The number of rotatable bonds is 8. The number of halogens is 1. The summed E-state index contributed by atoms with van der Waals surface area (Å²) < 4.78 is 28.7. The normalized spacial score (nSPS) is 11.7. The molecule has 1 heterocycles. The average Bonchev–Trinajstić information content (AvgIpc) is 3.09. The maximum Gasteiger partial charge on any atom is 0.191 e. The molecule has 2 aromatic rings. The minimum Gasteiger partial charge on any atom is -0.469 e. The Balaban J connectivity index is 0.00000364. The number of hydrogen-bond acceptors (Lipinski definition) is 4. The number of aryl methyl sites for hydroxylation is 1. The van der Waals surface area contributed by atoms with E-state index in [0.717, 1.165) is 48.8 Å². The highest BCUT2D eigenvalue weighted by molar-refractivity contribution is 14.0. The highest BCUT2D eigenvalue weighted by atomic mass is 127. The zero-order valence-electron chi connectivity index (χ0n) is 16.0. The first kappa shape index (κ1) is 23.5. The summed E-state index contributed by atoms with van der Waals surface area (Å²) in [5, 5.41) is 6.58. The zero-order valence-corrected chi connectivity index (χ0v) is 19.1. The van der Waals surface area contributed by atoms with Crippen molar-refractivity contribution in [3.8, 4) is 0 Å². The van der Waals surface area contributed by atoms with Gasteiger partial charge in [-0.2, -0.15) is 0 Å². The van der Waals surface area contributed by atoms with Crippen LogP contribution in [0.15, 0.2) is 50.9 Å². The standard InChI is InChI=1S/C19H27N3O3S.HI/c1-4-10-20-19(21-11-9-17-6-5-12-25-17)22-14-16-7-8-18(15(2)13-16)26(3,23)24;/h5-8,12-13H,4,9-11,14H2,1-3H3,(H2,20,21,22);1H. The largest absolute Gasteiger partial charge is 0.469 e. The van der Waals surface area contributed by atoms with E-state index in [4.69, 9.17) is 4.42 Å². The molecule has 8 heteroatoms. The van der Waals surface area contributed by atoms with Crippen LogP contribution in [0.5, 0.6) is 0 Å². The van der Waals surface area contributed by atoms with E-state index in [1.54, 1.807) is 19.3 Å². The molecule has 0 amide bonds. The molecule has 0 saturated heterocycles. The Bertz CT molecular complexity index is 834. The molecule has 0 atom stereocenters. The molecule has 0 bridgehead atoms. The van der Waals surface area contributed by atoms with E-state index in [1.807, 2.05) is 24.3 Å². The second-order valence-corrected chi connectivity index (χ2v) is 8.20. The number of hydrogen-bond donors (Lipinski definition) is 2. The fraction of sp³-hybridized carbons (Fsp3) is 0.421. The van der Waals surface area contributed by atoms with Crippen molar-refractivity contribution in [1.29, 1.82) is 0 Å². The third-order valence-corrected chi connectivity index (χ3v) is 5.10. The molecule has 1 aromatic carbocycles. The lowest BCUT2D eigenvalue weighted by molar-refractivity contribution is 0.506. The van der Waals surface area contributed by atoms with Crippen molar-refractivity contribution in [2.45, 2.75) is 38.1 Å². The highest BCUT2D eigenvalue weighted by Gasteiger charge is 2.10. The fourth-order valence-corrected chi connectivity index (χ4v) is 3.53. The summed E-state index contributed by atoms with van der Waals surface area (Å²) in [6.45, 7) is 5.93. The van der Waals surface area contributed by atoms with E-state index in [0.29, 0.717) is 11.4 Å². The van der Waals surface area contributed by atoms with E-state index in [-0.39, 0.29) is 24.0 Å². The number of sulfone groups is 1. The van der Waals surface area contributed by atoms with Gasteiger partial charge in [0.25, 0.3) is 0 Å². The van der Waals surface area contributed by atoms with Gasteiger partial charge in [-0.15, -0.1) is 24.0 Å². The second-order valence-electron chi connectivity index (χ2n) is 6.22. The van der Waals surface area contributed by atoms with Gasteiger partial charge in [-0.3, -0.25) is 0 Å². The van der Waals surface area contributed by atoms with E-state index in [1.165, 1.54) is 6.26 Å². The lowest BCUT2D eigenvalue weighted by atomic mass is 10.1. The molecule has 2 N–H and O–H groups in total. The lowest BCUT2D eigenvalue weighted by Gasteiger charge is -2.12. The maximum atomic E-state index is 11.7. The van der Waals surface area contributed by atoms with Gasteiger partial charge in [-0.05, 0) is 42.7 Å². The van der Waals surface area contributed by atoms with Crippen LogP contribution < -0.4 is 10.6 Å². The van der Waals surface area contributed by atoms with Gasteiger partial charge in [-0.1, -0.05) is 19.1 Å². The van der Waals surface area contributed by atoms with Crippen molar-refractivity contribution < 1.29 is 12.8 Å². The number of nitrogens with zero attached hydrogens (tertiary/aromatic N) is 1. The highest BCUT2D eigenvalue weighted by Crippen LogP contribution is 2.17. The fourth-order valence-electron chi connectivity index (χ4n) is 2.57. The molecule has 0 spiro atoms. The minimum absolute atomic E-state index is 0. The minimum atomic E-state index is -3.20. The molecule has 150 valence electrons. The molecule has 0 saturated carbocycles. The average molecular weight is 505 g/mol. The predicted octanol–water partition coefficient (Wildman–Crippen LogP) is 3.30. The number of guanidine groups is 1. The monoisotopic (exact) mass is 505 g/mol. The lowest BCUT2D eigenvalue weighted by Crippen LogP contribution is -2.38. The first-order valence-electron chi connectivity index (χ1n) is 8.74. The topological polar surface area (TPSA) is 83.7 Å². The molecule has 0 radical (unpaired) electrons. The summed E-state index contributed by atoms with van der Waals surface area (Å²) in [4.78, 5) is 4.96. The van der Waals surface area contributed by atoms with Crippen LogP contribution in [0.2, 0.25) is 0 Å². The van der Waals surface area contributed by atoms with Gasteiger partial charge in [0.2, 0.25) is 0 Å². The summed E-state index contributed by atoms with van der Waals surface area (Å²) in [5.41, 5.74) is 1.72. The molecular formula is C19H28IN3O3S. The van der Waals surface area contributed by atoms with Gasteiger partial charge in [0.1, 0.15) is 5.76 Å². The summed E-state index contributed by atoms with van der Waals surface area (Å²) >= 11 is 0. The molecule has 0 aliphatic carbocycles. The van der Waals surface area contributed by atoms with Crippen molar-refractivity contribution in [1.82, 2.24) is 10.6 Å². The number of benzene rings is 1. The Morgan fingerprint density at radius 2 is 1.93 bits per heavy atom. The van der Waals surface area contributed by atoms with Crippen LogP contribution in [-0.2, 0) is 22.8 Å². The Hall–Kier alpha value is -1.55. The third-order valence-electron chi connectivity index (χ3n) is 3.84. The molecule has 0 fully saturated rings. The molecule has 6 nitrogen and oxygen atoms in total. The van der Waals surface area contributed by atoms with Crippen molar-refractivity contribution in [2.24, 2.45) is 4.99 Å². The third kappa shape index (κ3) is 7.92. The van der Waals surface area contributed by atoms with Crippen LogP contribution in [0, 0.1) is 6.92 Å². The van der Waals surface area contributed by atoms with Gasteiger partial charge < -0.3 is 15.1 Å². The van der Waals surface area contributed by atoms with Crippen LogP contribution in [0.1, 0.15) is 30.2 Å². The SMILES string of the molecule is CCCNC(=NCc1ccc(S(C)(=O)=O)c(C)c1)NCCc1ccco1.I. The summed E-state index contributed by atoms with van der Waals surface area (Å²) in [6.07, 6.45) is 4.67. The van der Waals surface area contributed by atoms with Crippen LogP contribution in [0.4, 0.5) is 0 Å². The molecule has 0 unspecified atom stereocenters. The van der Waals surface area contributed by atoms with Crippen molar-refractivity contribution in [3.05, 3.63) is 53.5 Å². The second kappa shape index (κ2) is 11.3. The van der Waals surface area contributed by atoms with Crippen LogP contribution in [0.3, 0.4) is 0 Å². The van der Waals surface area contributed by atoms with Crippen LogP contribution in [0.25, 0.3) is 0 Å². The summed E-state index contributed by atoms with van der Waals surface area (Å²) in [6, 6.07) is 9.17. The molecule has 1 aromatic heterocycles. The number of furan rings is 1. The van der Waals surface area contributed by atoms with Gasteiger partial charge in [-0.25, -0.2) is 13.4 Å². The Kier molecular flexibility index (Phi) is 9.86. The first-order valence-corrected chi connectivity index (χ1v) is 10.6. The molecule has 0 aliphatic heterocycles. The van der Waals surface area contributed by atoms with Crippen molar-refractivity contribution >= 4 is 39.8 Å². The van der Waals surface area contributed by atoms with Gasteiger partial charge in [0.15, 0.2) is 15.8 Å². The smallest absolute Gasteiger partial charge is 0.191 e. The maximum absolute atomic E-state index is 11.7. The van der Waals surface area contributed by atoms with Gasteiger partial charge in [0.05, 0.1) is 17.7 Å². The van der Waals surface area contributed by atoms with Gasteiger partial charge in [0, 0.05) is 25.8 Å². The molecule has 2 rings (SSSR count). The quantitative estimate of drug-likeness (QED) is 0.327. The molecule has 0 aliphatic rings. The Labute approximate surface area is 178 Å². The summed E-state index contributed by atoms with van der Waals surface area (Å²) in [5.74, 6) is 1.67. The van der Waals surface area contributed by atoms with Crippen molar-refractivity contribution in [2.75, 3.05) is 19.3 Å². The number of aliphatic imine (C=N–C) groups is 1. The van der Waals surface area contributed by atoms with Crippen molar-refractivity contribution in [3.63, 3.8) is 0 Å². The first-order chi connectivity index (χ1) is 12.4. The van der Waals surface area contributed by atoms with E-state index >= 15 is 0 Å². The zero-order chi connectivity index (χ0) is 19.0. The van der Waals surface area contributed by atoms with Crippen LogP contribution >= 0.6 is 24.0 Å². The molecule has 27 heavy (non-hydrogen) atoms. The summed E-state index contributed by atoms with van der Waals surface area (Å²) in [7, 11) is -3.20. The van der Waals surface area contributed by atoms with Crippen LogP contribution in [-0.4, -0.2) is 33.7 Å². The number of nitrogens with one attached hydrogen (secondary N) is 2. The molecular weight excluding hydrogens is 477 g/mol. The Morgan fingerprint density at radius 3 is 2.52 bits per heavy atom. The van der Waals surface area contributed by atoms with Gasteiger partial charge >= 0.3 is 0 Å². The Morgan fingerprint density at radius 1 is 1.19 bits per heavy atom.